The van der Waals surface area contributed by atoms with E-state index in [1.54, 1.807) is 6.20 Å². The number of halogens is 1. The van der Waals surface area contributed by atoms with Crippen molar-refractivity contribution < 1.29 is 0 Å². The van der Waals surface area contributed by atoms with Crippen molar-refractivity contribution in [1.82, 2.24) is 10.3 Å². The minimum absolute atomic E-state index is 0.184. The van der Waals surface area contributed by atoms with E-state index in [0.717, 1.165) is 16.1 Å². The molecule has 0 saturated heterocycles. The Hall–Kier alpha value is -1.89. The lowest BCUT2D eigenvalue weighted by atomic mass is 10.1. The highest BCUT2D eigenvalue weighted by Gasteiger charge is 2.07. The molecule has 1 heterocycles. The third-order valence-corrected chi connectivity index (χ3v) is 3.22. The van der Waals surface area contributed by atoms with Crippen LogP contribution in [0.1, 0.15) is 29.8 Å². The van der Waals surface area contributed by atoms with Gasteiger partial charge in [0.05, 0.1) is 0 Å². The van der Waals surface area contributed by atoms with Gasteiger partial charge in [0.25, 0.3) is 0 Å². The molecule has 1 N–H and O–H groups in total. The van der Waals surface area contributed by atoms with Crippen LogP contribution in [0.2, 0.25) is 5.02 Å². The van der Waals surface area contributed by atoms with Crippen LogP contribution in [-0.4, -0.2) is 4.98 Å². The Kier molecular flexibility index (Phi) is 4.51. The summed E-state index contributed by atoms with van der Waals surface area (Å²) in [6, 6.07) is 13.8. The molecule has 1 aromatic heterocycles. The molecule has 2 aromatic rings. The van der Waals surface area contributed by atoms with Gasteiger partial charge in [-0.15, -0.1) is 0 Å². The fourth-order valence-electron chi connectivity index (χ4n) is 1.81. The molecule has 3 nitrogen and oxygen atoms in total. The maximum Gasteiger partial charge on any atom is 0.144 e. The molecule has 0 aliphatic carbocycles. The van der Waals surface area contributed by atoms with Crippen molar-refractivity contribution in [2.24, 2.45) is 0 Å². The van der Waals surface area contributed by atoms with Crippen LogP contribution >= 0.6 is 11.6 Å². The number of nitriles is 1. The van der Waals surface area contributed by atoms with Crippen molar-refractivity contribution in [3.63, 3.8) is 0 Å². The van der Waals surface area contributed by atoms with Gasteiger partial charge in [-0.25, -0.2) is 4.98 Å². The zero-order valence-corrected chi connectivity index (χ0v) is 11.4. The maximum atomic E-state index is 8.98. The third kappa shape index (κ3) is 3.54. The standard InChI is InChI=1S/C15H14ClN3/c1-11(12-4-6-14(16)7-5-12)19-10-13-3-2-8-18-15(13)9-17/h2-8,11,19H,10H2,1H3. The van der Waals surface area contributed by atoms with Crippen molar-refractivity contribution in [2.45, 2.75) is 19.5 Å². The number of nitrogens with zero attached hydrogens (tertiary/aromatic N) is 2. The van der Waals surface area contributed by atoms with E-state index in [2.05, 4.69) is 23.3 Å². The van der Waals surface area contributed by atoms with E-state index in [0.29, 0.717) is 12.2 Å². The van der Waals surface area contributed by atoms with Gasteiger partial charge >= 0.3 is 0 Å². The predicted octanol–water partition coefficient (Wildman–Crippen LogP) is 3.46. The highest BCUT2D eigenvalue weighted by Crippen LogP contribution is 2.16. The van der Waals surface area contributed by atoms with Crippen molar-refractivity contribution in [3.8, 4) is 6.07 Å². The molecule has 2 rings (SSSR count). The predicted molar refractivity (Wildman–Crippen MR) is 75.7 cm³/mol. The molecule has 96 valence electrons. The summed E-state index contributed by atoms with van der Waals surface area (Å²) in [4.78, 5) is 4.04. The Labute approximate surface area is 117 Å². The van der Waals surface area contributed by atoms with Crippen molar-refractivity contribution in [1.29, 1.82) is 5.26 Å². The number of rotatable bonds is 4. The fourth-order valence-corrected chi connectivity index (χ4v) is 1.94. The first-order chi connectivity index (χ1) is 9.20. The normalized spacial score (nSPS) is 11.8. The van der Waals surface area contributed by atoms with Crippen molar-refractivity contribution >= 4 is 11.6 Å². The lowest BCUT2D eigenvalue weighted by molar-refractivity contribution is 0.573. The van der Waals surface area contributed by atoms with Gasteiger partial charge < -0.3 is 5.32 Å². The van der Waals surface area contributed by atoms with E-state index in [9.17, 15) is 0 Å². The molecule has 19 heavy (non-hydrogen) atoms. The van der Waals surface area contributed by atoms with Gasteiger partial charge in [0.15, 0.2) is 0 Å². The minimum atomic E-state index is 0.184. The van der Waals surface area contributed by atoms with Crippen LogP contribution in [0.5, 0.6) is 0 Å². The fraction of sp³-hybridized carbons (Fsp3) is 0.200. The van der Waals surface area contributed by atoms with Gasteiger partial charge in [-0.3, -0.25) is 0 Å². The zero-order valence-electron chi connectivity index (χ0n) is 10.6. The largest absolute Gasteiger partial charge is 0.306 e. The smallest absolute Gasteiger partial charge is 0.144 e. The number of hydrogen-bond donors (Lipinski definition) is 1. The van der Waals surface area contributed by atoms with E-state index in [1.165, 1.54) is 0 Å². The Balaban J connectivity index is 2.02. The van der Waals surface area contributed by atoms with Crippen molar-refractivity contribution in [2.75, 3.05) is 0 Å². The molecule has 1 atom stereocenters. The van der Waals surface area contributed by atoms with Gasteiger partial charge in [0.1, 0.15) is 11.8 Å². The average Bonchev–Trinajstić information content (AvgIpc) is 2.45. The van der Waals surface area contributed by atoms with Crippen LogP contribution in [0.3, 0.4) is 0 Å². The Morgan fingerprint density at radius 2 is 2.05 bits per heavy atom. The molecular weight excluding hydrogens is 258 g/mol. The molecule has 0 fully saturated rings. The Morgan fingerprint density at radius 1 is 1.32 bits per heavy atom. The summed E-state index contributed by atoms with van der Waals surface area (Å²) in [7, 11) is 0. The van der Waals surface area contributed by atoms with Gasteiger partial charge in [-0.05, 0) is 30.7 Å². The van der Waals surface area contributed by atoms with Crippen LogP contribution in [-0.2, 0) is 6.54 Å². The molecule has 0 amide bonds. The number of nitrogens with one attached hydrogen (secondary N) is 1. The Morgan fingerprint density at radius 3 is 2.74 bits per heavy atom. The zero-order chi connectivity index (χ0) is 13.7. The molecule has 1 unspecified atom stereocenters. The molecule has 0 radical (unpaired) electrons. The summed E-state index contributed by atoms with van der Waals surface area (Å²) < 4.78 is 0. The van der Waals surface area contributed by atoms with Gasteiger partial charge in [-0.2, -0.15) is 5.26 Å². The van der Waals surface area contributed by atoms with Gasteiger partial charge in [0.2, 0.25) is 0 Å². The van der Waals surface area contributed by atoms with Crippen LogP contribution in [0, 0.1) is 11.3 Å². The molecule has 1 aromatic carbocycles. The van der Waals surface area contributed by atoms with E-state index in [4.69, 9.17) is 16.9 Å². The summed E-state index contributed by atoms with van der Waals surface area (Å²) in [5.74, 6) is 0. The monoisotopic (exact) mass is 271 g/mol. The lowest BCUT2D eigenvalue weighted by Crippen LogP contribution is -2.18. The number of benzene rings is 1. The van der Waals surface area contributed by atoms with Crippen LogP contribution < -0.4 is 5.32 Å². The second-order valence-electron chi connectivity index (χ2n) is 4.28. The highest BCUT2D eigenvalue weighted by atomic mass is 35.5. The molecule has 0 bridgehead atoms. The summed E-state index contributed by atoms with van der Waals surface area (Å²) in [5.41, 5.74) is 2.54. The number of pyridine rings is 1. The second-order valence-corrected chi connectivity index (χ2v) is 4.71. The summed E-state index contributed by atoms with van der Waals surface area (Å²) in [6.45, 7) is 2.69. The molecule has 0 spiro atoms. The molecule has 4 heteroatoms. The number of hydrogen-bond acceptors (Lipinski definition) is 3. The molecule has 0 aliphatic rings. The summed E-state index contributed by atoms with van der Waals surface area (Å²) >= 11 is 5.86. The van der Waals surface area contributed by atoms with Crippen LogP contribution in [0.15, 0.2) is 42.6 Å². The maximum absolute atomic E-state index is 8.98. The lowest BCUT2D eigenvalue weighted by Gasteiger charge is -2.14. The van der Waals surface area contributed by atoms with Gasteiger partial charge in [-0.1, -0.05) is 29.8 Å². The number of aromatic nitrogens is 1. The van der Waals surface area contributed by atoms with E-state index in [1.807, 2.05) is 36.4 Å². The first-order valence-electron chi connectivity index (χ1n) is 6.03. The third-order valence-electron chi connectivity index (χ3n) is 2.97. The van der Waals surface area contributed by atoms with E-state index < -0.39 is 0 Å². The summed E-state index contributed by atoms with van der Waals surface area (Å²) in [6.07, 6.45) is 1.63. The van der Waals surface area contributed by atoms with Crippen LogP contribution in [0.25, 0.3) is 0 Å². The second kappa shape index (κ2) is 6.33. The summed E-state index contributed by atoms with van der Waals surface area (Å²) in [5, 5.41) is 13.1. The average molecular weight is 272 g/mol. The Bertz CT molecular complexity index is 587. The highest BCUT2D eigenvalue weighted by molar-refractivity contribution is 6.30. The molecular formula is C15H14ClN3. The van der Waals surface area contributed by atoms with Crippen molar-refractivity contribution in [3.05, 3.63) is 64.4 Å². The van der Waals surface area contributed by atoms with Crippen LogP contribution in [0.4, 0.5) is 0 Å². The minimum Gasteiger partial charge on any atom is -0.306 e. The van der Waals surface area contributed by atoms with Gasteiger partial charge in [0, 0.05) is 29.4 Å². The van der Waals surface area contributed by atoms with E-state index in [-0.39, 0.29) is 6.04 Å². The topological polar surface area (TPSA) is 48.7 Å². The quantitative estimate of drug-likeness (QED) is 0.926. The SMILES string of the molecule is CC(NCc1cccnc1C#N)c1ccc(Cl)cc1. The molecule has 0 saturated carbocycles. The van der Waals surface area contributed by atoms with E-state index >= 15 is 0 Å². The first-order valence-corrected chi connectivity index (χ1v) is 6.41. The first kappa shape index (κ1) is 13.5. The molecule has 0 aliphatic heterocycles.